The molecule has 0 spiro atoms. The Kier molecular flexibility index (Phi) is 8.25. The first-order valence-corrected chi connectivity index (χ1v) is 11.5. The molecule has 0 radical (unpaired) electrons. The third-order valence-corrected chi connectivity index (χ3v) is 5.81. The smallest absolute Gasteiger partial charge is 0.450 e. The van der Waals surface area contributed by atoms with Crippen LogP contribution in [0.15, 0.2) is 45.6 Å². The fourth-order valence-corrected chi connectivity index (χ4v) is 3.93. The van der Waals surface area contributed by atoms with Gasteiger partial charge < -0.3 is 14.3 Å². The summed E-state index contributed by atoms with van der Waals surface area (Å²) in [7, 11) is 1.44. The van der Waals surface area contributed by atoms with E-state index in [-0.39, 0.29) is 34.4 Å². The molecule has 1 aromatic heterocycles. The van der Waals surface area contributed by atoms with Crippen molar-refractivity contribution in [1.29, 1.82) is 0 Å². The number of phenolic OH excluding ortho intramolecular Hbond substituents is 1. The van der Waals surface area contributed by atoms with Gasteiger partial charge in [0.05, 0.1) is 23.6 Å². The SMILES string of the molecule is CCCCN(CCCC)Cc1c(O)ccc2c(=O)c(-c3ccc(OC)cc3)c(C(F)(F)F)oc12. The van der Waals surface area contributed by atoms with E-state index in [4.69, 9.17) is 9.15 Å². The average Bonchev–Trinajstić information content (AvgIpc) is 2.81. The zero-order valence-electron chi connectivity index (χ0n) is 19.7. The fraction of sp³-hybridized carbons (Fsp3) is 0.423. The van der Waals surface area contributed by atoms with Crippen LogP contribution in [0.3, 0.4) is 0 Å². The number of hydrogen-bond donors (Lipinski definition) is 1. The molecule has 0 aliphatic heterocycles. The molecular formula is C26H30F3NO4. The highest BCUT2D eigenvalue weighted by atomic mass is 19.4. The number of hydrogen-bond acceptors (Lipinski definition) is 5. The molecule has 1 N–H and O–H groups in total. The highest BCUT2D eigenvalue weighted by molar-refractivity contribution is 5.86. The molecule has 0 saturated carbocycles. The van der Waals surface area contributed by atoms with E-state index in [9.17, 15) is 23.1 Å². The Morgan fingerprint density at radius 2 is 1.62 bits per heavy atom. The minimum absolute atomic E-state index is 0.00227. The topological polar surface area (TPSA) is 62.9 Å². The molecule has 0 atom stereocenters. The van der Waals surface area contributed by atoms with Crippen molar-refractivity contribution in [3.05, 3.63) is 57.9 Å². The van der Waals surface area contributed by atoms with Gasteiger partial charge in [0.2, 0.25) is 11.2 Å². The van der Waals surface area contributed by atoms with Gasteiger partial charge >= 0.3 is 6.18 Å². The van der Waals surface area contributed by atoms with Crippen LogP contribution in [0.25, 0.3) is 22.1 Å². The Balaban J connectivity index is 2.22. The maximum absolute atomic E-state index is 14.1. The first-order valence-electron chi connectivity index (χ1n) is 11.5. The lowest BCUT2D eigenvalue weighted by Gasteiger charge is -2.23. The molecule has 184 valence electrons. The summed E-state index contributed by atoms with van der Waals surface area (Å²) >= 11 is 0. The van der Waals surface area contributed by atoms with Gasteiger partial charge in [-0.1, -0.05) is 38.8 Å². The molecule has 8 heteroatoms. The highest BCUT2D eigenvalue weighted by Gasteiger charge is 2.40. The summed E-state index contributed by atoms with van der Waals surface area (Å²) < 4.78 is 52.8. The zero-order chi connectivity index (χ0) is 24.9. The minimum atomic E-state index is -4.91. The van der Waals surface area contributed by atoms with E-state index >= 15 is 0 Å². The van der Waals surface area contributed by atoms with Gasteiger partial charge in [0, 0.05) is 6.54 Å². The van der Waals surface area contributed by atoms with Crippen LogP contribution in [-0.2, 0) is 12.7 Å². The quantitative estimate of drug-likeness (QED) is 0.357. The summed E-state index contributed by atoms with van der Waals surface area (Å²) in [6, 6.07) is 8.42. The van der Waals surface area contributed by atoms with Crippen LogP contribution in [-0.4, -0.2) is 30.2 Å². The van der Waals surface area contributed by atoms with Crippen molar-refractivity contribution in [2.24, 2.45) is 0 Å². The number of halogens is 3. The molecule has 3 rings (SSSR count). The number of ether oxygens (including phenoxy) is 1. The van der Waals surface area contributed by atoms with Gasteiger partial charge in [0.1, 0.15) is 17.1 Å². The third kappa shape index (κ3) is 5.55. The van der Waals surface area contributed by atoms with E-state index in [1.807, 2.05) is 0 Å². The molecule has 34 heavy (non-hydrogen) atoms. The molecule has 0 aliphatic carbocycles. The molecule has 3 aromatic rings. The molecular weight excluding hydrogens is 447 g/mol. The second kappa shape index (κ2) is 11.0. The number of benzene rings is 2. The fourth-order valence-electron chi connectivity index (χ4n) is 3.93. The Hall–Kier alpha value is -3.00. The minimum Gasteiger partial charge on any atom is -0.507 e. The normalized spacial score (nSPS) is 12.0. The molecule has 2 aromatic carbocycles. The molecule has 0 aliphatic rings. The number of fused-ring (bicyclic) bond motifs is 1. The molecule has 0 bridgehead atoms. The molecule has 5 nitrogen and oxygen atoms in total. The van der Waals surface area contributed by atoms with Gasteiger partial charge in [-0.2, -0.15) is 13.2 Å². The number of aromatic hydroxyl groups is 1. The Labute approximate surface area is 196 Å². The number of rotatable bonds is 10. The summed E-state index contributed by atoms with van der Waals surface area (Å²) in [5.74, 6) is -1.12. The van der Waals surface area contributed by atoms with Crippen LogP contribution in [0.4, 0.5) is 13.2 Å². The number of methoxy groups -OCH3 is 1. The van der Waals surface area contributed by atoms with Crippen molar-refractivity contribution in [2.45, 2.75) is 52.3 Å². The maximum Gasteiger partial charge on any atom is 0.450 e. The summed E-state index contributed by atoms with van der Waals surface area (Å²) in [5, 5.41) is 10.6. The van der Waals surface area contributed by atoms with Gasteiger partial charge in [-0.3, -0.25) is 9.69 Å². The molecule has 0 unspecified atom stereocenters. The number of phenols is 1. The second-order valence-corrected chi connectivity index (χ2v) is 8.28. The molecule has 0 amide bonds. The second-order valence-electron chi connectivity index (χ2n) is 8.28. The summed E-state index contributed by atoms with van der Waals surface area (Å²) in [6.45, 7) is 5.76. The standard InChI is InChI=1S/C26H30F3NO4/c1-4-6-14-30(15-7-5-2)16-20-21(31)13-12-19-23(32)22(17-8-10-18(33-3)11-9-17)25(26(27,28)29)34-24(19)20/h8-13,31H,4-7,14-16H2,1-3H3. The van der Waals surface area contributed by atoms with Crippen molar-refractivity contribution in [3.63, 3.8) is 0 Å². The van der Waals surface area contributed by atoms with Crippen molar-refractivity contribution in [2.75, 3.05) is 20.2 Å². The highest BCUT2D eigenvalue weighted by Crippen LogP contribution is 2.39. The first kappa shape index (κ1) is 25.6. The lowest BCUT2D eigenvalue weighted by Crippen LogP contribution is -2.26. The Bertz CT molecular complexity index is 1160. The number of unbranched alkanes of at least 4 members (excludes halogenated alkanes) is 2. The largest absolute Gasteiger partial charge is 0.507 e. The van der Waals surface area contributed by atoms with Gasteiger partial charge in [0.15, 0.2) is 0 Å². The first-order chi connectivity index (χ1) is 16.2. The summed E-state index contributed by atoms with van der Waals surface area (Å²) in [5.41, 5.74) is -1.33. The van der Waals surface area contributed by atoms with Crippen molar-refractivity contribution in [1.82, 2.24) is 4.90 Å². The third-order valence-electron chi connectivity index (χ3n) is 5.81. The predicted molar refractivity (Wildman–Crippen MR) is 126 cm³/mol. The van der Waals surface area contributed by atoms with Crippen LogP contribution < -0.4 is 10.2 Å². The Morgan fingerprint density at radius 1 is 1.00 bits per heavy atom. The monoisotopic (exact) mass is 477 g/mol. The number of nitrogens with zero attached hydrogens (tertiary/aromatic N) is 1. The van der Waals surface area contributed by atoms with Gasteiger partial charge in [-0.05, 0) is 55.8 Å². The van der Waals surface area contributed by atoms with E-state index in [0.29, 0.717) is 5.75 Å². The number of alkyl halides is 3. The Morgan fingerprint density at radius 3 is 2.15 bits per heavy atom. The van der Waals surface area contributed by atoms with Crippen LogP contribution in [0.1, 0.15) is 50.9 Å². The lowest BCUT2D eigenvalue weighted by atomic mass is 10.00. The van der Waals surface area contributed by atoms with Gasteiger partial charge in [-0.15, -0.1) is 0 Å². The van der Waals surface area contributed by atoms with Gasteiger partial charge in [-0.25, -0.2) is 0 Å². The van der Waals surface area contributed by atoms with Crippen LogP contribution in [0, 0.1) is 0 Å². The average molecular weight is 478 g/mol. The van der Waals surface area contributed by atoms with E-state index in [2.05, 4.69) is 18.7 Å². The van der Waals surface area contributed by atoms with E-state index < -0.39 is 22.9 Å². The van der Waals surface area contributed by atoms with Crippen molar-refractivity contribution >= 4 is 11.0 Å². The van der Waals surface area contributed by atoms with E-state index in [1.54, 1.807) is 0 Å². The van der Waals surface area contributed by atoms with Crippen LogP contribution >= 0.6 is 0 Å². The summed E-state index contributed by atoms with van der Waals surface area (Å²) in [6.07, 6.45) is -1.16. The van der Waals surface area contributed by atoms with E-state index in [0.717, 1.165) is 38.8 Å². The molecule has 0 fully saturated rings. The van der Waals surface area contributed by atoms with Gasteiger partial charge in [0.25, 0.3) is 0 Å². The maximum atomic E-state index is 14.1. The van der Waals surface area contributed by atoms with Crippen LogP contribution in [0.5, 0.6) is 11.5 Å². The summed E-state index contributed by atoms with van der Waals surface area (Å²) in [4.78, 5) is 15.4. The lowest BCUT2D eigenvalue weighted by molar-refractivity contribution is -0.152. The molecule has 0 saturated heterocycles. The van der Waals surface area contributed by atoms with Crippen molar-refractivity contribution < 1.29 is 27.4 Å². The van der Waals surface area contributed by atoms with E-state index in [1.165, 1.54) is 43.5 Å². The van der Waals surface area contributed by atoms with Crippen LogP contribution in [0.2, 0.25) is 0 Å². The predicted octanol–water partition coefficient (Wildman–Crippen LogP) is 6.60. The zero-order valence-corrected chi connectivity index (χ0v) is 19.7. The van der Waals surface area contributed by atoms with Crippen molar-refractivity contribution in [3.8, 4) is 22.6 Å². The molecule has 1 heterocycles.